The molecule has 178 valence electrons. The van der Waals surface area contributed by atoms with Crippen LogP contribution in [0.15, 0.2) is 54.7 Å². The molecule has 34 heavy (non-hydrogen) atoms. The number of carbonyl (C=O) groups excluding carboxylic acids is 2. The predicted octanol–water partition coefficient (Wildman–Crippen LogP) is 4.89. The van der Waals surface area contributed by atoms with Crippen LogP contribution in [0.3, 0.4) is 0 Å². The van der Waals surface area contributed by atoms with Crippen molar-refractivity contribution in [2.24, 2.45) is 0 Å². The lowest BCUT2D eigenvalue weighted by molar-refractivity contribution is -0.104. The van der Waals surface area contributed by atoms with Gasteiger partial charge in [0.15, 0.2) is 6.29 Å². The molecule has 0 amide bonds. The van der Waals surface area contributed by atoms with Gasteiger partial charge in [-0.15, -0.1) is 0 Å². The molecule has 1 aromatic heterocycles. The van der Waals surface area contributed by atoms with Gasteiger partial charge in [0.05, 0.1) is 5.56 Å². The molecule has 3 aromatic rings. The van der Waals surface area contributed by atoms with Gasteiger partial charge >= 0.3 is 0 Å². The fraction of sp³-hybridized carbons (Fsp3) is 0.448. The van der Waals surface area contributed by atoms with Gasteiger partial charge in [-0.05, 0) is 42.0 Å². The number of benzene rings is 2. The van der Waals surface area contributed by atoms with Crippen molar-refractivity contribution in [2.45, 2.75) is 51.1 Å². The van der Waals surface area contributed by atoms with Gasteiger partial charge in [0.1, 0.15) is 0 Å². The Labute approximate surface area is 202 Å². The second-order valence-corrected chi connectivity index (χ2v) is 9.93. The number of nitrogens with zero attached hydrogens (tertiary/aromatic N) is 3. The van der Waals surface area contributed by atoms with Crippen LogP contribution in [0.25, 0.3) is 10.9 Å². The summed E-state index contributed by atoms with van der Waals surface area (Å²) < 4.78 is 2.17. The minimum atomic E-state index is -0.418. The number of Topliss-reactive ketones (excluding diaryl/α,β-unsaturated/α-hetero) is 1. The summed E-state index contributed by atoms with van der Waals surface area (Å²) in [6, 6.07) is 17.3. The summed E-state index contributed by atoms with van der Waals surface area (Å²) >= 11 is 0. The van der Waals surface area contributed by atoms with Crippen LogP contribution < -0.4 is 0 Å². The Kier molecular flexibility index (Phi) is 7.21. The first-order valence-corrected chi connectivity index (χ1v) is 12.8. The largest absolute Gasteiger partial charge is 0.345 e. The summed E-state index contributed by atoms with van der Waals surface area (Å²) in [5, 5.41) is 0.938. The molecule has 2 aromatic carbocycles. The average Bonchev–Trinajstić information content (AvgIpc) is 3.27. The number of rotatable bonds is 8. The van der Waals surface area contributed by atoms with Crippen LogP contribution in [0.5, 0.6) is 0 Å². The smallest absolute Gasteiger partial charge is 0.227 e. The third-order valence-electron chi connectivity index (χ3n) is 7.73. The molecule has 0 atom stereocenters. The topological polar surface area (TPSA) is 45.6 Å². The third-order valence-corrected chi connectivity index (χ3v) is 7.73. The summed E-state index contributed by atoms with van der Waals surface area (Å²) in [6.07, 6.45) is 8.68. The maximum atomic E-state index is 12.4. The first kappa shape index (κ1) is 23.0. The molecule has 0 spiro atoms. The van der Waals surface area contributed by atoms with Gasteiger partial charge in [-0.1, -0.05) is 55.7 Å². The molecule has 5 nitrogen and oxygen atoms in total. The van der Waals surface area contributed by atoms with Gasteiger partial charge in [-0.3, -0.25) is 19.4 Å². The van der Waals surface area contributed by atoms with E-state index in [1.807, 2.05) is 6.20 Å². The lowest BCUT2D eigenvalue weighted by Gasteiger charge is -2.34. The molecular formula is C29H35N3O2. The Balaban J connectivity index is 1.25. The molecule has 0 unspecified atom stereocenters. The van der Waals surface area contributed by atoms with Gasteiger partial charge in [0, 0.05) is 62.9 Å². The molecule has 1 aliphatic heterocycles. The Bertz CT molecular complexity index is 1120. The van der Waals surface area contributed by atoms with E-state index in [4.69, 9.17) is 0 Å². The van der Waals surface area contributed by atoms with Crippen molar-refractivity contribution < 1.29 is 9.59 Å². The summed E-state index contributed by atoms with van der Waals surface area (Å²) in [5.41, 5.74) is 4.30. The monoisotopic (exact) mass is 457 g/mol. The SMILES string of the molecule is O=CC(=O)c1cn(CCN2CCN(Cc3ccccc3)CC2)c2ccc(C3CCCCC3)cc12. The fourth-order valence-electron chi connectivity index (χ4n) is 5.71. The minimum Gasteiger partial charge on any atom is -0.345 e. The molecular weight excluding hydrogens is 422 g/mol. The standard InChI is InChI=1S/C29H35N3O2/c33-22-29(34)27-21-32(28-12-11-25(19-26(27)28)24-9-5-2-6-10-24)18-17-30-13-15-31(16-14-30)20-23-7-3-1-4-8-23/h1,3-4,7-8,11-12,19,21-22,24H,2,5-6,9-10,13-18,20H2. The lowest BCUT2D eigenvalue weighted by atomic mass is 9.83. The second-order valence-electron chi connectivity index (χ2n) is 9.93. The quantitative estimate of drug-likeness (QED) is 0.275. The number of carbonyl (C=O) groups is 2. The Morgan fingerprint density at radius 2 is 1.62 bits per heavy atom. The number of aldehydes is 1. The molecule has 2 heterocycles. The molecule has 5 rings (SSSR count). The van der Waals surface area contributed by atoms with Gasteiger partial charge in [0.25, 0.3) is 0 Å². The van der Waals surface area contributed by atoms with Crippen molar-refractivity contribution in [2.75, 3.05) is 32.7 Å². The highest BCUT2D eigenvalue weighted by molar-refractivity contribution is 6.36. The summed E-state index contributed by atoms with van der Waals surface area (Å²) in [6.45, 7) is 7.03. The van der Waals surface area contributed by atoms with E-state index in [2.05, 4.69) is 62.9 Å². The van der Waals surface area contributed by atoms with Crippen molar-refractivity contribution in [1.29, 1.82) is 0 Å². The van der Waals surface area contributed by atoms with E-state index in [9.17, 15) is 9.59 Å². The molecule has 2 aliphatic rings. The van der Waals surface area contributed by atoms with E-state index in [1.165, 1.54) is 43.2 Å². The van der Waals surface area contributed by atoms with Gasteiger partial charge < -0.3 is 4.57 Å². The molecule has 5 heteroatoms. The van der Waals surface area contributed by atoms with Crippen molar-refractivity contribution in [1.82, 2.24) is 14.4 Å². The van der Waals surface area contributed by atoms with Crippen molar-refractivity contribution in [3.05, 3.63) is 71.4 Å². The van der Waals surface area contributed by atoms with Crippen LogP contribution in [0.2, 0.25) is 0 Å². The van der Waals surface area contributed by atoms with Gasteiger partial charge in [0.2, 0.25) is 5.78 Å². The van der Waals surface area contributed by atoms with Gasteiger partial charge in [-0.2, -0.15) is 0 Å². The molecule has 0 radical (unpaired) electrons. The van der Waals surface area contributed by atoms with Crippen LogP contribution in [-0.4, -0.2) is 59.2 Å². The molecule has 0 bridgehead atoms. The number of ketones is 1. The number of piperazine rings is 1. The Hall–Kier alpha value is -2.76. The molecule has 1 saturated carbocycles. The van der Waals surface area contributed by atoms with E-state index in [0.29, 0.717) is 17.8 Å². The van der Waals surface area contributed by atoms with Crippen LogP contribution in [0, 0.1) is 0 Å². The van der Waals surface area contributed by atoms with Crippen LogP contribution in [0.4, 0.5) is 0 Å². The minimum absolute atomic E-state index is 0.418. The number of aromatic nitrogens is 1. The first-order valence-electron chi connectivity index (χ1n) is 12.8. The predicted molar refractivity (Wildman–Crippen MR) is 136 cm³/mol. The summed E-state index contributed by atoms with van der Waals surface area (Å²) in [5.74, 6) is 0.159. The van der Waals surface area contributed by atoms with E-state index < -0.39 is 5.78 Å². The zero-order valence-electron chi connectivity index (χ0n) is 20.0. The maximum Gasteiger partial charge on any atom is 0.227 e. The molecule has 1 saturated heterocycles. The molecule has 1 aliphatic carbocycles. The fourth-order valence-corrected chi connectivity index (χ4v) is 5.71. The Morgan fingerprint density at radius 1 is 0.882 bits per heavy atom. The zero-order chi connectivity index (χ0) is 23.3. The van der Waals surface area contributed by atoms with Crippen LogP contribution >= 0.6 is 0 Å². The van der Waals surface area contributed by atoms with E-state index >= 15 is 0 Å². The lowest BCUT2D eigenvalue weighted by Crippen LogP contribution is -2.46. The molecule has 0 N–H and O–H groups in total. The van der Waals surface area contributed by atoms with Crippen molar-refractivity contribution in [3.8, 4) is 0 Å². The van der Waals surface area contributed by atoms with Crippen LogP contribution in [-0.2, 0) is 17.9 Å². The van der Waals surface area contributed by atoms with Gasteiger partial charge in [-0.25, -0.2) is 0 Å². The first-order chi connectivity index (χ1) is 16.7. The molecule has 2 fully saturated rings. The third kappa shape index (κ3) is 5.16. The average molecular weight is 458 g/mol. The van der Waals surface area contributed by atoms with Crippen molar-refractivity contribution >= 4 is 23.0 Å². The maximum absolute atomic E-state index is 12.4. The van der Waals surface area contributed by atoms with Crippen molar-refractivity contribution in [3.63, 3.8) is 0 Å². The van der Waals surface area contributed by atoms with E-state index in [-0.39, 0.29) is 0 Å². The number of hydrogen-bond acceptors (Lipinski definition) is 4. The highest BCUT2D eigenvalue weighted by Crippen LogP contribution is 2.35. The second kappa shape index (κ2) is 10.7. The highest BCUT2D eigenvalue weighted by atomic mass is 16.2. The Morgan fingerprint density at radius 3 is 2.35 bits per heavy atom. The summed E-state index contributed by atoms with van der Waals surface area (Å²) in [7, 11) is 0. The summed E-state index contributed by atoms with van der Waals surface area (Å²) in [4.78, 5) is 28.8. The van der Waals surface area contributed by atoms with Crippen LogP contribution in [0.1, 0.15) is 59.5 Å². The number of fused-ring (bicyclic) bond motifs is 1. The number of hydrogen-bond donors (Lipinski definition) is 0. The highest BCUT2D eigenvalue weighted by Gasteiger charge is 2.21. The zero-order valence-corrected chi connectivity index (χ0v) is 20.0. The normalized spacial score (nSPS) is 18.4. The van der Waals surface area contributed by atoms with E-state index in [0.717, 1.165) is 56.7 Å². The van der Waals surface area contributed by atoms with E-state index in [1.54, 1.807) is 0 Å².